The van der Waals surface area contributed by atoms with Crippen LogP contribution in [-0.4, -0.2) is 39.8 Å². The van der Waals surface area contributed by atoms with Gasteiger partial charge in [0.05, 0.1) is 14.2 Å². The van der Waals surface area contributed by atoms with Crippen molar-refractivity contribution in [3.8, 4) is 11.5 Å². The summed E-state index contributed by atoms with van der Waals surface area (Å²) in [7, 11) is 3.36. The van der Waals surface area contributed by atoms with Crippen LogP contribution in [-0.2, 0) is 6.42 Å². The average Bonchev–Trinajstić information content (AvgIpc) is 2.52. The second-order valence-electron chi connectivity index (χ2n) is 5.47. The molecule has 0 aliphatic carbocycles. The van der Waals surface area contributed by atoms with E-state index in [0.29, 0.717) is 5.92 Å². The molecule has 0 amide bonds. The van der Waals surface area contributed by atoms with Gasteiger partial charge < -0.3 is 20.1 Å². The molecule has 0 heterocycles. The molecular weight excluding hydrogens is 405 g/mol. The van der Waals surface area contributed by atoms with Crippen molar-refractivity contribution in [1.82, 2.24) is 10.6 Å². The molecule has 1 aromatic carbocycles. The predicted molar refractivity (Wildman–Crippen MR) is 107 cm³/mol. The van der Waals surface area contributed by atoms with Crippen molar-refractivity contribution in [2.24, 2.45) is 10.9 Å². The van der Waals surface area contributed by atoms with E-state index in [1.165, 1.54) is 0 Å². The lowest BCUT2D eigenvalue weighted by Gasteiger charge is -2.14. The maximum atomic E-state index is 5.40. The van der Waals surface area contributed by atoms with Crippen molar-refractivity contribution >= 4 is 29.9 Å². The number of rotatable bonds is 8. The monoisotopic (exact) mass is 435 g/mol. The Morgan fingerprint density at radius 3 is 2.48 bits per heavy atom. The fraction of sp³-hybridized carbons (Fsp3) is 0.588. The lowest BCUT2D eigenvalue weighted by molar-refractivity contribution is 0.398. The zero-order chi connectivity index (χ0) is 16.4. The quantitative estimate of drug-likeness (QED) is 0.375. The van der Waals surface area contributed by atoms with Crippen LogP contribution >= 0.6 is 24.0 Å². The lowest BCUT2D eigenvalue weighted by Crippen LogP contribution is -2.38. The number of hydrogen-bond acceptors (Lipinski definition) is 3. The fourth-order valence-electron chi connectivity index (χ4n) is 2.01. The minimum Gasteiger partial charge on any atom is -0.497 e. The largest absolute Gasteiger partial charge is 0.497 e. The van der Waals surface area contributed by atoms with Crippen molar-refractivity contribution in [2.45, 2.75) is 27.2 Å². The molecule has 132 valence electrons. The van der Waals surface area contributed by atoms with E-state index in [2.05, 4.69) is 36.4 Å². The van der Waals surface area contributed by atoms with Gasteiger partial charge in [0.2, 0.25) is 0 Å². The Morgan fingerprint density at radius 1 is 1.17 bits per heavy atom. The van der Waals surface area contributed by atoms with E-state index in [-0.39, 0.29) is 24.0 Å². The number of nitrogens with one attached hydrogen (secondary N) is 2. The fourth-order valence-corrected chi connectivity index (χ4v) is 2.01. The maximum absolute atomic E-state index is 5.40. The Morgan fingerprint density at radius 2 is 1.91 bits per heavy atom. The Labute approximate surface area is 157 Å². The normalized spacial score (nSPS) is 11.0. The molecule has 0 saturated carbocycles. The van der Waals surface area contributed by atoms with Crippen LogP contribution in [0.2, 0.25) is 0 Å². The second-order valence-corrected chi connectivity index (χ2v) is 5.47. The van der Waals surface area contributed by atoms with E-state index in [1.807, 2.05) is 18.2 Å². The number of nitrogens with zero attached hydrogens (tertiary/aromatic N) is 1. The summed E-state index contributed by atoms with van der Waals surface area (Å²) in [4.78, 5) is 4.56. The topological polar surface area (TPSA) is 54.9 Å². The number of aliphatic imine (C=N–C) groups is 1. The van der Waals surface area contributed by atoms with Crippen molar-refractivity contribution in [1.29, 1.82) is 0 Å². The van der Waals surface area contributed by atoms with Gasteiger partial charge in [0.1, 0.15) is 11.5 Å². The first-order valence-electron chi connectivity index (χ1n) is 7.83. The molecule has 2 N–H and O–H groups in total. The number of methoxy groups -OCH3 is 2. The van der Waals surface area contributed by atoms with Gasteiger partial charge in [-0.1, -0.05) is 13.8 Å². The summed E-state index contributed by atoms with van der Waals surface area (Å²) in [6.07, 6.45) is 0.840. The molecule has 1 aromatic rings. The van der Waals surface area contributed by atoms with Gasteiger partial charge in [0.15, 0.2) is 5.96 Å². The number of hydrogen-bond donors (Lipinski definition) is 2. The molecule has 0 fully saturated rings. The lowest BCUT2D eigenvalue weighted by atomic mass is 10.1. The highest BCUT2D eigenvalue weighted by atomic mass is 127. The molecule has 0 bridgehead atoms. The van der Waals surface area contributed by atoms with Crippen LogP contribution in [0.3, 0.4) is 0 Å². The van der Waals surface area contributed by atoms with Gasteiger partial charge in [0.25, 0.3) is 0 Å². The smallest absolute Gasteiger partial charge is 0.191 e. The number of halogens is 1. The van der Waals surface area contributed by atoms with Crippen LogP contribution in [0.1, 0.15) is 26.3 Å². The molecule has 6 heteroatoms. The van der Waals surface area contributed by atoms with E-state index in [4.69, 9.17) is 9.47 Å². The third kappa shape index (κ3) is 8.29. The summed E-state index contributed by atoms with van der Waals surface area (Å²) < 4.78 is 10.7. The average molecular weight is 435 g/mol. The standard InChI is InChI=1S/C17H29N3O2.HI/c1-6-18-17(20-12-13(2)3)19-10-9-14-11-15(21-4)7-8-16(14)22-5;/h7-8,11,13H,6,9-10,12H2,1-5H3,(H2,18,19,20);1H. The maximum Gasteiger partial charge on any atom is 0.191 e. The summed E-state index contributed by atoms with van der Waals surface area (Å²) in [5, 5.41) is 6.61. The first-order chi connectivity index (χ1) is 10.6. The van der Waals surface area contributed by atoms with E-state index in [0.717, 1.165) is 49.1 Å². The Bertz CT molecular complexity index is 479. The van der Waals surface area contributed by atoms with Crippen LogP contribution in [0.4, 0.5) is 0 Å². The number of ether oxygens (including phenoxy) is 2. The molecule has 1 rings (SSSR count). The predicted octanol–water partition coefficient (Wildman–Crippen LogP) is 3.08. The van der Waals surface area contributed by atoms with E-state index in [9.17, 15) is 0 Å². The molecule has 0 unspecified atom stereocenters. The van der Waals surface area contributed by atoms with Crippen LogP contribution in [0.25, 0.3) is 0 Å². The summed E-state index contributed by atoms with van der Waals surface area (Å²) in [6.45, 7) is 8.84. The van der Waals surface area contributed by atoms with Crippen LogP contribution in [0, 0.1) is 5.92 Å². The molecule has 0 aromatic heterocycles. The van der Waals surface area contributed by atoms with Crippen LogP contribution in [0.5, 0.6) is 11.5 Å². The van der Waals surface area contributed by atoms with Gasteiger partial charge in [-0.05, 0) is 43.0 Å². The van der Waals surface area contributed by atoms with E-state index >= 15 is 0 Å². The van der Waals surface area contributed by atoms with Crippen molar-refractivity contribution in [3.63, 3.8) is 0 Å². The van der Waals surface area contributed by atoms with Crippen molar-refractivity contribution < 1.29 is 9.47 Å². The van der Waals surface area contributed by atoms with Gasteiger partial charge >= 0.3 is 0 Å². The van der Waals surface area contributed by atoms with E-state index in [1.54, 1.807) is 14.2 Å². The zero-order valence-electron chi connectivity index (χ0n) is 14.8. The van der Waals surface area contributed by atoms with Gasteiger partial charge in [0, 0.05) is 19.6 Å². The first kappa shape index (κ1) is 21.8. The second kappa shape index (κ2) is 12.3. The highest BCUT2D eigenvalue weighted by Crippen LogP contribution is 2.24. The van der Waals surface area contributed by atoms with Gasteiger partial charge in [-0.15, -0.1) is 24.0 Å². The molecule has 0 spiro atoms. The highest BCUT2D eigenvalue weighted by Gasteiger charge is 2.06. The van der Waals surface area contributed by atoms with Gasteiger partial charge in [-0.2, -0.15) is 0 Å². The molecule has 5 nitrogen and oxygen atoms in total. The summed E-state index contributed by atoms with van der Waals surface area (Å²) >= 11 is 0. The Balaban J connectivity index is 0.00000484. The number of benzene rings is 1. The van der Waals surface area contributed by atoms with Crippen molar-refractivity contribution in [2.75, 3.05) is 33.9 Å². The number of guanidine groups is 1. The molecule has 0 atom stereocenters. The minimum atomic E-state index is 0. The van der Waals surface area contributed by atoms with Gasteiger partial charge in [-0.25, -0.2) is 0 Å². The summed E-state index contributed by atoms with van der Waals surface area (Å²) in [5.74, 6) is 3.13. The van der Waals surface area contributed by atoms with Crippen molar-refractivity contribution in [3.05, 3.63) is 23.8 Å². The minimum absolute atomic E-state index is 0. The summed E-state index contributed by atoms with van der Waals surface area (Å²) in [5.41, 5.74) is 1.12. The molecule has 23 heavy (non-hydrogen) atoms. The third-order valence-electron chi connectivity index (χ3n) is 3.13. The first-order valence-corrected chi connectivity index (χ1v) is 7.83. The highest BCUT2D eigenvalue weighted by molar-refractivity contribution is 14.0. The zero-order valence-corrected chi connectivity index (χ0v) is 17.1. The molecule has 0 saturated heterocycles. The molecule has 0 radical (unpaired) electrons. The Kier molecular flexibility index (Phi) is 11.6. The third-order valence-corrected chi connectivity index (χ3v) is 3.13. The van der Waals surface area contributed by atoms with E-state index < -0.39 is 0 Å². The Hall–Kier alpha value is -1.18. The molecular formula is C17H30IN3O2. The molecule has 0 aliphatic rings. The summed E-state index contributed by atoms with van der Waals surface area (Å²) in [6, 6.07) is 5.86. The van der Waals surface area contributed by atoms with Crippen LogP contribution in [0.15, 0.2) is 23.2 Å². The molecule has 0 aliphatic heterocycles. The van der Waals surface area contributed by atoms with Crippen LogP contribution < -0.4 is 20.1 Å². The van der Waals surface area contributed by atoms with Gasteiger partial charge in [-0.3, -0.25) is 4.99 Å². The SMILES string of the molecule is CCNC(=NCC(C)C)NCCc1cc(OC)ccc1OC.I.